The Kier molecular flexibility index (Phi) is 4.99. The second kappa shape index (κ2) is 5.51. The van der Waals surface area contributed by atoms with Gasteiger partial charge in [-0.05, 0) is 13.1 Å². The summed E-state index contributed by atoms with van der Waals surface area (Å²) in [7, 11) is 1.50. The van der Waals surface area contributed by atoms with Crippen molar-refractivity contribution in [3.63, 3.8) is 0 Å². The first-order valence-electron chi connectivity index (χ1n) is 3.18. The molecule has 0 saturated carbocycles. The average molecular weight is 189 g/mol. The van der Waals surface area contributed by atoms with E-state index >= 15 is 0 Å². The van der Waals surface area contributed by atoms with Crippen molar-refractivity contribution in [1.29, 1.82) is 0 Å². The van der Waals surface area contributed by atoms with Crippen LogP contribution in [0.5, 0.6) is 0 Å². The van der Waals surface area contributed by atoms with Crippen LogP contribution in [0.4, 0.5) is 5.69 Å². The van der Waals surface area contributed by atoms with Crippen LogP contribution in [0, 0.1) is 10.1 Å². The molecule has 0 bridgehead atoms. The van der Waals surface area contributed by atoms with Crippen molar-refractivity contribution < 1.29 is 4.92 Å². The fraction of sp³-hybridized carbons (Fsp3) is 0.143. The van der Waals surface area contributed by atoms with Crippen LogP contribution < -0.4 is 5.73 Å². The smallest absolute Gasteiger partial charge is 0.287 e. The topological polar surface area (TPSA) is 69.2 Å². The highest BCUT2D eigenvalue weighted by Crippen LogP contribution is 2.21. The Morgan fingerprint density at radius 3 is 2.25 bits per heavy atom. The third-order valence-corrected chi connectivity index (χ3v) is 1.37. The highest BCUT2D eigenvalue weighted by Gasteiger charge is 2.08. The Balaban J connectivity index is 0.000000561. The lowest BCUT2D eigenvalue weighted by Gasteiger charge is -1.90. The molecule has 0 spiro atoms. The van der Waals surface area contributed by atoms with Gasteiger partial charge in [0.1, 0.15) is 5.02 Å². The Morgan fingerprint density at radius 1 is 1.42 bits per heavy atom. The predicted octanol–water partition coefficient (Wildman–Crippen LogP) is 1.82. The first kappa shape index (κ1) is 10.9. The van der Waals surface area contributed by atoms with Gasteiger partial charge in [0.05, 0.1) is 4.92 Å². The molecule has 0 aliphatic carbocycles. The van der Waals surface area contributed by atoms with Gasteiger partial charge in [0, 0.05) is 6.07 Å². The molecular weight excluding hydrogens is 180 g/mol. The van der Waals surface area contributed by atoms with Gasteiger partial charge in [-0.1, -0.05) is 23.7 Å². The van der Waals surface area contributed by atoms with Crippen molar-refractivity contribution in [3.05, 3.63) is 39.4 Å². The van der Waals surface area contributed by atoms with Gasteiger partial charge < -0.3 is 5.73 Å². The molecule has 0 atom stereocenters. The Bertz CT molecular complexity index is 265. The average Bonchev–Trinajstić information content (AvgIpc) is 2.08. The van der Waals surface area contributed by atoms with Crippen LogP contribution >= 0.6 is 11.6 Å². The zero-order valence-electron chi connectivity index (χ0n) is 6.53. The molecule has 0 fully saturated rings. The number of hydrogen-bond acceptors (Lipinski definition) is 3. The molecular formula is C7H9ClN2O2. The molecule has 4 nitrogen and oxygen atoms in total. The molecule has 0 heterocycles. The SMILES string of the molecule is CN.O=[N+]([O-])c1ccccc1Cl. The first-order chi connectivity index (χ1) is 5.72. The molecule has 1 aromatic carbocycles. The molecule has 12 heavy (non-hydrogen) atoms. The van der Waals surface area contributed by atoms with Crippen LogP contribution in [0.3, 0.4) is 0 Å². The zero-order chi connectivity index (χ0) is 9.56. The molecule has 1 rings (SSSR count). The molecule has 0 saturated heterocycles. The van der Waals surface area contributed by atoms with E-state index < -0.39 is 4.92 Å². The largest absolute Gasteiger partial charge is 0.333 e. The summed E-state index contributed by atoms with van der Waals surface area (Å²) >= 11 is 5.48. The summed E-state index contributed by atoms with van der Waals surface area (Å²) in [4.78, 5) is 9.63. The maximum atomic E-state index is 10.1. The Labute approximate surface area is 75.1 Å². The minimum absolute atomic E-state index is 0.0517. The molecule has 66 valence electrons. The van der Waals surface area contributed by atoms with E-state index in [2.05, 4.69) is 5.73 Å². The summed E-state index contributed by atoms with van der Waals surface area (Å²) < 4.78 is 0. The highest BCUT2D eigenvalue weighted by atomic mass is 35.5. The van der Waals surface area contributed by atoms with Crippen molar-refractivity contribution in [2.45, 2.75) is 0 Å². The lowest BCUT2D eigenvalue weighted by atomic mass is 10.3. The van der Waals surface area contributed by atoms with Crippen LogP contribution in [0.2, 0.25) is 5.02 Å². The second-order valence-corrected chi connectivity index (χ2v) is 2.12. The van der Waals surface area contributed by atoms with Gasteiger partial charge in [-0.25, -0.2) is 0 Å². The van der Waals surface area contributed by atoms with E-state index in [-0.39, 0.29) is 10.7 Å². The van der Waals surface area contributed by atoms with Gasteiger partial charge in [-0.15, -0.1) is 0 Å². The fourth-order valence-corrected chi connectivity index (χ4v) is 0.805. The van der Waals surface area contributed by atoms with E-state index in [1.807, 2.05) is 0 Å². The molecule has 0 amide bonds. The monoisotopic (exact) mass is 188 g/mol. The highest BCUT2D eigenvalue weighted by molar-refractivity contribution is 6.32. The number of nitrogens with zero attached hydrogens (tertiary/aromatic N) is 1. The zero-order valence-corrected chi connectivity index (χ0v) is 7.28. The lowest BCUT2D eigenvalue weighted by Crippen LogP contribution is -1.87. The number of nitro groups is 1. The third-order valence-electron chi connectivity index (χ3n) is 1.05. The number of benzene rings is 1. The van der Waals surface area contributed by atoms with E-state index in [4.69, 9.17) is 11.6 Å². The van der Waals surface area contributed by atoms with E-state index in [1.165, 1.54) is 19.2 Å². The summed E-state index contributed by atoms with van der Waals surface area (Å²) in [6, 6.07) is 6.07. The number of nitro benzene ring substituents is 1. The van der Waals surface area contributed by atoms with Gasteiger partial charge in [0.2, 0.25) is 0 Å². The van der Waals surface area contributed by atoms with Crippen molar-refractivity contribution in [1.82, 2.24) is 0 Å². The van der Waals surface area contributed by atoms with Crippen molar-refractivity contribution in [2.75, 3.05) is 7.05 Å². The molecule has 0 aromatic heterocycles. The van der Waals surface area contributed by atoms with Crippen LogP contribution in [-0.4, -0.2) is 12.0 Å². The van der Waals surface area contributed by atoms with Gasteiger partial charge in [-0.2, -0.15) is 0 Å². The third kappa shape index (κ3) is 2.86. The summed E-state index contributed by atoms with van der Waals surface area (Å²) in [6.07, 6.45) is 0. The minimum atomic E-state index is -0.512. The molecule has 0 radical (unpaired) electrons. The number of nitrogens with two attached hydrogens (primary N) is 1. The number of halogens is 1. The van der Waals surface area contributed by atoms with Crippen molar-refractivity contribution >= 4 is 17.3 Å². The van der Waals surface area contributed by atoms with Crippen LogP contribution in [-0.2, 0) is 0 Å². The van der Waals surface area contributed by atoms with Crippen molar-refractivity contribution in [2.24, 2.45) is 5.73 Å². The van der Waals surface area contributed by atoms with Gasteiger partial charge in [0.15, 0.2) is 0 Å². The van der Waals surface area contributed by atoms with Gasteiger partial charge in [-0.3, -0.25) is 10.1 Å². The number of para-hydroxylation sites is 1. The van der Waals surface area contributed by atoms with Crippen molar-refractivity contribution in [3.8, 4) is 0 Å². The van der Waals surface area contributed by atoms with E-state index in [0.717, 1.165) is 0 Å². The second-order valence-electron chi connectivity index (χ2n) is 1.71. The van der Waals surface area contributed by atoms with Crippen LogP contribution in [0.25, 0.3) is 0 Å². The number of rotatable bonds is 1. The summed E-state index contributed by atoms with van der Waals surface area (Å²) in [5.74, 6) is 0. The maximum Gasteiger partial charge on any atom is 0.287 e. The molecule has 2 N–H and O–H groups in total. The van der Waals surface area contributed by atoms with E-state index in [1.54, 1.807) is 12.1 Å². The van der Waals surface area contributed by atoms with E-state index in [0.29, 0.717) is 0 Å². The Morgan fingerprint density at radius 2 is 1.92 bits per heavy atom. The normalized spacial score (nSPS) is 8.25. The molecule has 0 aliphatic heterocycles. The predicted molar refractivity (Wildman–Crippen MR) is 48.2 cm³/mol. The van der Waals surface area contributed by atoms with E-state index in [9.17, 15) is 10.1 Å². The first-order valence-corrected chi connectivity index (χ1v) is 3.56. The molecule has 0 unspecified atom stereocenters. The number of hydrogen-bond donors (Lipinski definition) is 1. The minimum Gasteiger partial charge on any atom is -0.333 e. The maximum absolute atomic E-state index is 10.1. The summed E-state index contributed by atoms with van der Waals surface area (Å²) in [6.45, 7) is 0. The van der Waals surface area contributed by atoms with Gasteiger partial charge in [0.25, 0.3) is 5.69 Å². The lowest BCUT2D eigenvalue weighted by molar-refractivity contribution is -0.384. The molecule has 0 aliphatic rings. The molecule has 1 aromatic rings. The standard InChI is InChI=1S/C6H4ClNO2.CH5N/c7-5-3-1-2-4-6(5)8(9)10;1-2/h1-4H;2H2,1H3. The summed E-state index contributed by atoms with van der Waals surface area (Å²) in [5.41, 5.74) is 4.45. The van der Waals surface area contributed by atoms with Crippen LogP contribution in [0.15, 0.2) is 24.3 Å². The Hall–Kier alpha value is -1.13. The fourth-order valence-electron chi connectivity index (χ4n) is 0.600. The summed E-state index contributed by atoms with van der Waals surface area (Å²) in [5, 5.41) is 10.3. The van der Waals surface area contributed by atoms with Gasteiger partial charge >= 0.3 is 0 Å². The van der Waals surface area contributed by atoms with Crippen LogP contribution in [0.1, 0.15) is 0 Å². The quantitative estimate of drug-likeness (QED) is 0.540. The molecule has 5 heteroatoms.